The molecule has 1 N–H and O–H groups in total. The van der Waals surface area contributed by atoms with E-state index in [1.165, 1.54) is 0 Å². The number of hydrogen-bond donors (Lipinski definition) is 1. The number of halogens is 1. The average molecular weight is 256 g/mol. The summed E-state index contributed by atoms with van der Waals surface area (Å²) in [5.74, 6) is -1.06. The lowest BCUT2D eigenvalue weighted by atomic mass is 10.2. The van der Waals surface area contributed by atoms with E-state index in [9.17, 15) is 9.59 Å². The summed E-state index contributed by atoms with van der Waals surface area (Å²) >= 11 is 5.86. The van der Waals surface area contributed by atoms with Crippen LogP contribution in [0.25, 0.3) is 0 Å². The van der Waals surface area contributed by atoms with E-state index in [0.29, 0.717) is 10.7 Å². The predicted molar refractivity (Wildman–Crippen MR) is 65.9 cm³/mol. The van der Waals surface area contributed by atoms with Crippen LogP contribution in [0.2, 0.25) is 5.02 Å². The second kappa shape index (κ2) is 6.25. The van der Waals surface area contributed by atoms with Gasteiger partial charge in [-0.25, -0.2) is 0 Å². The van der Waals surface area contributed by atoms with Crippen LogP contribution in [-0.4, -0.2) is 18.5 Å². The number of carbonyl (C=O) groups excluding carboxylic acids is 2. The van der Waals surface area contributed by atoms with Crippen molar-refractivity contribution in [1.82, 2.24) is 0 Å². The number of amides is 1. The minimum absolute atomic E-state index is 0.247. The van der Waals surface area contributed by atoms with Crippen LogP contribution >= 0.6 is 11.6 Å². The van der Waals surface area contributed by atoms with Crippen LogP contribution in [0, 0.1) is 5.92 Å². The quantitative estimate of drug-likeness (QED) is 0.841. The van der Waals surface area contributed by atoms with Gasteiger partial charge in [0.1, 0.15) is 0 Å². The van der Waals surface area contributed by atoms with E-state index in [0.717, 1.165) is 0 Å². The van der Waals surface area contributed by atoms with Crippen molar-refractivity contribution in [2.75, 3.05) is 11.9 Å². The van der Waals surface area contributed by atoms with Crippen LogP contribution < -0.4 is 5.32 Å². The number of hydrogen-bond acceptors (Lipinski definition) is 3. The maximum atomic E-state index is 11.4. The topological polar surface area (TPSA) is 55.4 Å². The Bertz CT molecular complexity index is 418. The fourth-order valence-electron chi connectivity index (χ4n) is 1.05. The molecule has 1 rings (SSSR count). The molecule has 0 aromatic heterocycles. The lowest BCUT2D eigenvalue weighted by molar-refractivity contribution is -0.150. The fraction of sp³-hybridized carbons (Fsp3) is 0.333. The molecule has 0 radical (unpaired) electrons. The van der Waals surface area contributed by atoms with Crippen molar-refractivity contribution in [3.63, 3.8) is 0 Å². The second-order valence-electron chi connectivity index (χ2n) is 3.79. The van der Waals surface area contributed by atoms with Gasteiger partial charge in [-0.05, 0) is 12.1 Å². The van der Waals surface area contributed by atoms with Crippen molar-refractivity contribution in [2.24, 2.45) is 5.92 Å². The van der Waals surface area contributed by atoms with Crippen molar-refractivity contribution in [3.8, 4) is 0 Å². The van der Waals surface area contributed by atoms with Crippen molar-refractivity contribution in [3.05, 3.63) is 29.3 Å². The van der Waals surface area contributed by atoms with Crippen LogP contribution in [-0.2, 0) is 14.3 Å². The first-order chi connectivity index (χ1) is 8.00. The van der Waals surface area contributed by atoms with Gasteiger partial charge in [0, 0.05) is 0 Å². The monoisotopic (exact) mass is 255 g/mol. The zero-order valence-electron chi connectivity index (χ0n) is 9.70. The maximum Gasteiger partial charge on any atom is 0.308 e. The molecule has 1 amide bonds. The third-order valence-electron chi connectivity index (χ3n) is 1.96. The standard InChI is InChI=1S/C12H14ClNO3/c1-8(2)12(16)17-7-11(15)14-10-6-4-3-5-9(10)13/h3-6,8H,7H2,1-2H3,(H,14,15). The zero-order chi connectivity index (χ0) is 12.8. The van der Waals surface area contributed by atoms with Crippen LogP contribution in [0.4, 0.5) is 5.69 Å². The molecule has 0 bridgehead atoms. The molecule has 0 fully saturated rings. The molecule has 1 aromatic rings. The van der Waals surface area contributed by atoms with Gasteiger partial charge in [-0.1, -0.05) is 37.6 Å². The number of anilines is 1. The summed E-state index contributed by atoms with van der Waals surface area (Å²) < 4.78 is 4.78. The van der Waals surface area contributed by atoms with Gasteiger partial charge in [0.25, 0.3) is 5.91 Å². The van der Waals surface area contributed by atoms with E-state index < -0.39 is 11.9 Å². The van der Waals surface area contributed by atoms with Crippen LogP contribution in [0.15, 0.2) is 24.3 Å². The van der Waals surface area contributed by atoms with Gasteiger partial charge < -0.3 is 10.1 Å². The first-order valence-corrected chi connectivity index (χ1v) is 5.59. The number of rotatable bonds is 4. The highest BCUT2D eigenvalue weighted by Crippen LogP contribution is 2.20. The molecular weight excluding hydrogens is 242 g/mol. The van der Waals surface area contributed by atoms with Crippen LogP contribution in [0.1, 0.15) is 13.8 Å². The van der Waals surface area contributed by atoms with Gasteiger partial charge in [0.2, 0.25) is 0 Å². The summed E-state index contributed by atoms with van der Waals surface area (Å²) in [6, 6.07) is 6.85. The van der Waals surface area contributed by atoms with E-state index in [1.54, 1.807) is 38.1 Å². The molecule has 1 aromatic carbocycles. The highest BCUT2D eigenvalue weighted by molar-refractivity contribution is 6.33. The molecule has 4 nitrogen and oxygen atoms in total. The van der Waals surface area contributed by atoms with Gasteiger partial charge in [-0.3, -0.25) is 9.59 Å². The van der Waals surface area contributed by atoms with Crippen molar-refractivity contribution in [1.29, 1.82) is 0 Å². The third kappa shape index (κ3) is 4.44. The molecule has 0 atom stereocenters. The Labute approximate surface area is 105 Å². The summed E-state index contributed by atoms with van der Waals surface area (Å²) in [7, 11) is 0. The summed E-state index contributed by atoms with van der Waals surface area (Å²) in [5.41, 5.74) is 0.500. The molecule has 0 spiro atoms. The lowest BCUT2D eigenvalue weighted by Gasteiger charge is -2.08. The minimum atomic E-state index is -0.410. The summed E-state index contributed by atoms with van der Waals surface area (Å²) in [4.78, 5) is 22.6. The van der Waals surface area contributed by atoms with Crippen LogP contribution in [0.5, 0.6) is 0 Å². The average Bonchev–Trinajstić information content (AvgIpc) is 2.29. The van der Waals surface area contributed by atoms with Gasteiger partial charge in [0.05, 0.1) is 16.6 Å². The first kappa shape index (κ1) is 13.5. The molecular formula is C12H14ClNO3. The highest BCUT2D eigenvalue weighted by atomic mass is 35.5. The minimum Gasteiger partial charge on any atom is -0.455 e. The smallest absolute Gasteiger partial charge is 0.308 e. The van der Waals surface area contributed by atoms with E-state index in [1.807, 2.05) is 0 Å². The number of nitrogens with one attached hydrogen (secondary N) is 1. The second-order valence-corrected chi connectivity index (χ2v) is 4.20. The largest absolute Gasteiger partial charge is 0.455 e. The van der Waals surface area contributed by atoms with Gasteiger partial charge in [-0.15, -0.1) is 0 Å². The summed E-state index contributed by atoms with van der Waals surface area (Å²) in [6.45, 7) is 3.10. The SMILES string of the molecule is CC(C)C(=O)OCC(=O)Nc1ccccc1Cl. The Morgan fingerprint density at radius 2 is 2.00 bits per heavy atom. The van der Waals surface area contributed by atoms with E-state index in [4.69, 9.17) is 16.3 Å². The Kier molecular flexibility index (Phi) is 4.97. The van der Waals surface area contributed by atoms with Gasteiger partial charge in [-0.2, -0.15) is 0 Å². The van der Waals surface area contributed by atoms with Crippen molar-refractivity contribution in [2.45, 2.75) is 13.8 Å². The highest BCUT2D eigenvalue weighted by Gasteiger charge is 2.11. The zero-order valence-corrected chi connectivity index (χ0v) is 10.5. The molecule has 92 valence electrons. The van der Waals surface area contributed by atoms with Gasteiger partial charge >= 0.3 is 5.97 Å². The maximum absolute atomic E-state index is 11.4. The molecule has 0 unspecified atom stereocenters. The Morgan fingerprint density at radius 1 is 1.35 bits per heavy atom. The third-order valence-corrected chi connectivity index (χ3v) is 2.29. The van der Waals surface area contributed by atoms with Crippen LogP contribution in [0.3, 0.4) is 0 Å². The lowest BCUT2D eigenvalue weighted by Crippen LogP contribution is -2.22. The van der Waals surface area contributed by atoms with Crippen molar-refractivity contribution >= 4 is 29.2 Å². The molecule has 0 heterocycles. The normalized spacial score (nSPS) is 10.1. The molecule has 0 saturated heterocycles. The van der Waals surface area contributed by atoms with E-state index >= 15 is 0 Å². The Morgan fingerprint density at radius 3 is 2.59 bits per heavy atom. The number of ether oxygens (including phenoxy) is 1. The molecule has 0 aliphatic heterocycles. The Hall–Kier alpha value is -1.55. The Balaban J connectivity index is 2.46. The van der Waals surface area contributed by atoms with E-state index in [-0.39, 0.29) is 12.5 Å². The predicted octanol–water partition coefficient (Wildman–Crippen LogP) is 2.48. The molecule has 0 saturated carbocycles. The number of carbonyl (C=O) groups is 2. The molecule has 17 heavy (non-hydrogen) atoms. The molecule has 0 aliphatic rings. The van der Waals surface area contributed by atoms with E-state index in [2.05, 4.69) is 5.32 Å². The van der Waals surface area contributed by atoms with Gasteiger partial charge in [0.15, 0.2) is 6.61 Å². The summed E-state index contributed by atoms with van der Waals surface area (Å²) in [5, 5.41) is 3.00. The fourth-order valence-corrected chi connectivity index (χ4v) is 1.24. The molecule has 5 heteroatoms. The molecule has 0 aliphatic carbocycles. The number of benzene rings is 1. The number of para-hydroxylation sites is 1. The summed E-state index contributed by atoms with van der Waals surface area (Å²) in [6.07, 6.45) is 0. The number of esters is 1. The van der Waals surface area contributed by atoms with Crippen molar-refractivity contribution < 1.29 is 14.3 Å². The first-order valence-electron chi connectivity index (χ1n) is 5.21.